The molecule has 1 aliphatic heterocycles. The summed E-state index contributed by atoms with van der Waals surface area (Å²) in [4.78, 5) is 22.9. The first-order valence-electron chi connectivity index (χ1n) is 4.89. The van der Waals surface area contributed by atoms with Crippen LogP contribution in [0.3, 0.4) is 0 Å². The summed E-state index contributed by atoms with van der Waals surface area (Å²) in [7, 11) is 0. The molecule has 0 spiro atoms. The number of carbonyl (C=O) groups excluding carboxylic acids is 2. The summed E-state index contributed by atoms with van der Waals surface area (Å²) >= 11 is 0.947. The number of hydrogen-bond acceptors (Lipinski definition) is 3. The van der Waals surface area contributed by atoms with Gasteiger partial charge < -0.3 is 0 Å². The second-order valence-electron chi connectivity index (χ2n) is 3.66. The molecular formula is C12H11NO2S. The molecule has 1 N–H and O–H groups in total. The number of rotatable bonds is 1. The van der Waals surface area contributed by atoms with Crippen molar-refractivity contribution in [3.05, 3.63) is 39.8 Å². The van der Waals surface area contributed by atoms with E-state index in [1.165, 1.54) is 0 Å². The Balaban J connectivity index is 2.44. The summed E-state index contributed by atoms with van der Waals surface area (Å²) in [6.45, 7) is 3.97. The fourth-order valence-corrected chi connectivity index (χ4v) is 2.27. The first kappa shape index (κ1) is 11.0. The van der Waals surface area contributed by atoms with Crippen molar-refractivity contribution in [3.8, 4) is 0 Å². The molecule has 0 aliphatic carbocycles. The number of amides is 2. The van der Waals surface area contributed by atoms with Crippen molar-refractivity contribution in [3.63, 3.8) is 0 Å². The highest BCUT2D eigenvalue weighted by atomic mass is 32.2. The Kier molecular flexibility index (Phi) is 2.83. The van der Waals surface area contributed by atoms with Crippen molar-refractivity contribution in [2.24, 2.45) is 0 Å². The monoisotopic (exact) mass is 233 g/mol. The molecule has 1 aromatic rings. The smallest absolute Gasteiger partial charge is 0.282 e. The quantitative estimate of drug-likeness (QED) is 0.758. The van der Waals surface area contributed by atoms with Gasteiger partial charge in [0.15, 0.2) is 0 Å². The van der Waals surface area contributed by atoms with E-state index in [1.54, 1.807) is 6.08 Å². The molecule has 1 saturated heterocycles. The number of benzene rings is 1. The second kappa shape index (κ2) is 4.14. The lowest BCUT2D eigenvalue weighted by Crippen LogP contribution is -2.17. The van der Waals surface area contributed by atoms with E-state index in [0.717, 1.165) is 28.5 Å². The van der Waals surface area contributed by atoms with Gasteiger partial charge in [-0.25, -0.2) is 0 Å². The van der Waals surface area contributed by atoms with Crippen LogP contribution in [0.25, 0.3) is 6.08 Å². The van der Waals surface area contributed by atoms with Crippen LogP contribution in [0.1, 0.15) is 16.7 Å². The van der Waals surface area contributed by atoms with E-state index in [0.29, 0.717) is 4.91 Å². The highest BCUT2D eigenvalue weighted by Gasteiger charge is 2.25. The van der Waals surface area contributed by atoms with Gasteiger partial charge in [-0.05, 0) is 48.4 Å². The van der Waals surface area contributed by atoms with E-state index in [4.69, 9.17) is 0 Å². The lowest BCUT2D eigenvalue weighted by atomic mass is 10.0. The zero-order valence-corrected chi connectivity index (χ0v) is 9.85. The van der Waals surface area contributed by atoms with Gasteiger partial charge in [0.05, 0.1) is 4.91 Å². The lowest BCUT2D eigenvalue weighted by Gasteiger charge is -2.04. The largest absolute Gasteiger partial charge is 0.290 e. The summed E-state index contributed by atoms with van der Waals surface area (Å²) < 4.78 is 0. The molecule has 0 bridgehead atoms. The van der Waals surface area contributed by atoms with Crippen LogP contribution in [-0.2, 0) is 4.79 Å². The van der Waals surface area contributed by atoms with Crippen molar-refractivity contribution in [1.29, 1.82) is 0 Å². The maximum absolute atomic E-state index is 11.4. The van der Waals surface area contributed by atoms with E-state index in [2.05, 4.69) is 5.32 Å². The molecule has 1 heterocycles. The third-order valence-corrected chi connectivity index (χ3v) is 3.27. The van der Waals surface area contributed by atoms with Gasteiger partial charge in [-0.3, -0.25) is 14.9 Å². The van der Waals surface area contributed by atoms with Crippen LogP contribution >= 0.6 is 11.8 Å². The van der Waals surface area contributed by atoms with Gasteiger partial charge in [-0.15, -0.1) is 0 Å². The molecule has 2 rings (SSSR count). The van der Waals surface area contributed by atoms with E-state index in [1.807, 2.05) is 32.0 Å². The first-order valence-corrected chi connectivity index (χ1v) is 5.70. The molecule has 16 heavy (non-hydrogen) atoms. The first-order chi connectivity index (χ1) is 7.58. The lowest BCUT2D eigenvalue weighted by molar-refractivity contribution is -0.115. The Bertz CT molecular complexity index is 485. The minimum Gasteiger partial charge on any atom is -0.282 e. The SMILES string of the molecule is Cc1cccc(C)c1C=C1SC(=O)NC1=O. The number of imide groups is 1. The molecule has 0 radical (unpaired) electrons. The molecular weight excluding hydrogens is 222 g/mol. The molecule has 0 atom stereocenters. The molecule has 0 unspecified atom stereocenters. The Labute approximate surface area is 97.9 Å². The summed E-state index contributed by atoms with van der Waals surface area (Å²) in [6.07, 6.45) is 1.77. The Morgan fingerprint density at radius 1 is 1.19 bits per heavy atom. The fourth-order valence-electron chi connectivity index (χ4n) is 1.61. The Hall–Kier alpha value is -1.55. The number of nitrogens with one attached hydrogen (secondary N) is 1. The topological polar surface area (TPSA) is 46.2 Å². The minimum atomic E-state index is -0.308. The molecule has 4 heteroatoms. The molecule has 82 valence electrons. The second-order valence-corrected chi connectivity index (χ2v) is 4.67. The van der Waals surface area contributed by atoms with Gasteiger partial charge in [0, 0.05) is 0 Å². The van der Waals surface area contributed by atoms with E-state index < -0.39 is 0 Å². The van der Waals surface area contributed by atoms with Gasteiger partial charge in [0.1, 0.15) is 0 Å². The third-order valence-electron chi connectivity index (χ3n) is 2.46. The zero-order valence-electron chi connectivity index (χ0n) is 9.03. The van der Waals surface area contributed by atoms with E-state index >= 15 is 0 Å². The van der Waals surface area contributed by atoms with Crippen molar-refractivity contribution in [2.75, 3.05) is 0 Å². The van der Waals surface area contributed by atoms with Crippen LogP contribution < -0.4 is 5.32 Å². The van der Waals surface area contributed by atoms with Gasteiger partial charge >= 0.3 is 0 Å². The maximum Gasteiger partial charge on any atom is 0.290 e. The molecule has 2 amide bonds. The fraction of sp³-hybridized carbons (Fsp3) is 0.167. The molecule has 3 nitrogen and oxygen atoms in total. The molecule has 1 fully saturated rings. The summed E-state index contributed by atoms with van der Waals surface area (Å²) in [5.74, 6) is -0.308. The Morgan fingerprint density at radius 3 is 2.31 bits per heavy atom. The van der Waals surface area contributed by atoms with Crippen LogP contribution in [0.4, 0.5) is 4.79 Å². The molecule has 1 aromatic carbocycles. The average Bonchev–Trinajstić information content (AvgIpc) is 2.51. The predicted molar refractivity (Wildman–Crippen MR) is 65.0 cm³/mol. The maximum atomic E-state index is 11.4. The average molecular weight is 233 g/mol. The van der Waals surface area contributed by atoms with Crippen LogP contribution in [-0.4, -0.2) is 11.1 Å². The number of aryl methyl sites for hydroxylation is 2. The summed E-state index contributed by atoms with van der Waals surface area (Å²) in [6, 6.07) is 5.94. The normalized spacial score (nSPS) is 18.0. The number of thioether (sulfide) groups is 1. The van der Waals surface area contributed by atoms with Crippen molar-refractivity contribution >= 4 is 29.0 Å². The predicted octanol–water partition coefficient (Wildman–Crippen LogP) is 2.63. The number of hydrogen-bond donors (Lipinski definition) is 1. The van der Waals surface area contributed by atoms with Gasteiger partial charge in [0.25, 0.3) is 11.1 Å². The van der Waals surface area contributed by atoms with Crippen LogP contribution in [0.2, 0.25) is 0 Å². The van der Waals surface area contributed by atoms with Crippen LogP contribution in [0, 0.1) is 13.8 Å². The summed E-state index contributed by atoms with van der Waals surface area (Å²) in [5.41, 5.74) is 3.20. The van der Waals surface area contributed by atoms with Crippen LogP contribution in [0.15, 0.2) is 23.1 Å². The number of carbonyl (C=O) groups is 2. The highest BCUT2D eigenvalue weighted by Crippen LogP contribution is 2.27. The van der Waals surface area contributed by atoms with E-state index in [9.17, 15) is 9.59 Å². The molecule has 1 aliphatic rings. The van der Waals surface area contributed by atoms with Crippen molar-refractivity contribution in [2.45, 2.75) is 13.8 Å². The third kappa shape index (κ3) is 2.02. The van der Waals surface area contributed by atoms with Crippen LogP contribution in [0.5, 0.6) is 0 Å². The van der Waals surface area contributed by atoms with Gasteiger partial charge in [-0.1, -0.05) is 18.2 Å². The summed E-state index contributed by atoms with van der Waals surface area (Å²) in [5, 5.41) is 1.94. The van der Waals surface area contributed by atoms with Crippen molar-refractivity contribution in [1.82, 2.24) is 5.32 Å². The van der Waals surface area contributed by atoms with Crippen molar-refractivity contribution < 1.29 is 9.59 Å². The Morgan fingerprint density at radius 2 is 1.81 bits per heavy atom. The minimum absolute atomic E-state index is 0.303. The highest BCUT2D eigenvalue weighted by molar-refractivity contribution is 8.18. The van der Waals surface area contributed by atoms with Gasteiger partial charge in [0.2, 0.25) is 0 Å². The molecule has 0 aromatic heterocycles. The van der Waals surface area contributed by atoms with E-state index in [-0.39, 0.29) is 11.1 Å². The van der Waals surface area contributed by atoms with Gasteiger partial charge in [-0.2, -0.15) is 0 Å². The zero-order chi connectivity index (χ0) is 11.7. The standard InChI is InChI=1S/C12H11NO2S/c1-7-4-3-5-8(2)9(7)6-10-11(14)13-12(15)16-10/h3-6H,1-2H3,(H,13,14,15). The molecule has 0 saturated carbocycles.